The second-order valence-electron chi connectivity index (χ2n) is 8.26. The maximum atomic E-state index is 13.1. The minimum atomic E-state index is -5.35. The van der Waals surface area contributed by atoms with E-state index < -0.39 is 41.7 Å². The Labute approximate surface area is 224 Å². The summed E-state index contributed by atoms with van der Waals surface area (Å²) in [5.74, 6) is -3.83. The van der Waals surface area contributed by atoms with Gasteiger partial charge >= 0.3 is 18.1 Å². The summed E-state index contributed by atoms with van der Waals surface area (Å²) in [6.07, 6.45) is -5.35. The number of hydrogen-bond acceptors (Lipinski definition) is 8. The number of esters is 2. The van der Waals surface area contributed by atoms with Gasteiger partial charge in [0.1, 0.15) is 11.5 Å². The van der Waals surface area contributed by atoms with Gasteiger partial charge in [-0.25, -0.2) is 9.59 Å². The molecule has 0 aliphatic heterocycles. The number of carbonyl (C=O) groups excluding carboxylic acids is 3. The van der Waals surface area contributed by atoms with Gasteiger partial charge < -0.3 is 23.9 Å². The number of aromatic nitrogens is 1. The normalized spacial score (nSPS) is 11.1. The predicted octanol–water partition coefficient (Wildman–Crippen LogP) is 4.72. The van der Waals surface area contributed by atoms with E-state index in [-0.39, 0.29) is 27.7 Å². The van der Waals surface area contributed by atoms with Crippen LogP contribution in [-0.2, 0) is 9.53 Å². The van der Waals surface area contributed by atoms with Gasteiger partial charge in [-0.2, -0.15) is 13.2 Å². The molecule has 4 aromatic rings. The summed E-state index contributed by atoms with van der Waals surface area (Å²) in [5.41, 5.74) is -0.779. The van der Waals surface area contributed by atoms with Crippen molar-refractivity contribution in [1.82, 2.24) is 4.98 Å². The van der Waals surface area contributed by atoms with Crippen molar-refractivity contribution in [2.45, 2.75) is 6.18 Å². The van der Waals surface area contributed by atoms with Gasteiger partial charge in [-0.1, -0.05) is 0 Å². The smallest absolute Gasteiger partial charge is 0.491 e. The van der Waals surface area contributed by atoms with E-state index in [9.17, 15) is 32.3 Å². The van der Waals surface area contributed by atoms with E-state index in [1.807, 2.05) is 0 Å². The number of rotatable bonds is 8. The van der Waals surface area contributed by atoms with Crippen molar-refractivity contribution in [3.63, 3.8) is 0 Å². The van der Waals surface area contributed by atoms with E-state index in [4.69, 9.17) is 14.2 Å². The molecular formula is C28H20F3NO8. The molecule has 0 saturated heterocycles. The first-order valence-electron chi connectivity index (χ1n) is 11.5. The zero-order valence-electron chi connectivity index (χ0n) is 21.0. The Hall–Kier alpha value is -5.13. The number of aromatic amines is 1. The number of fused-ring (bicyclic) bond motifs is 1. The van der Waals surface area contributed by atoms with Crippen molar-refractivity contribution in [1.29, 1.82) is 0 Å². The summed E-state index contributed by atoms with van der Waals surface area (Å²) in [7, 11) is 2.89. The monoisotopic (exact) mass is 555 g/mol. The lowest BCUT2D eigenvalue weighted by Crippen LogP contribution is -2.30. The standard InChI is InChI=1S/C28H20F3NO8/c1-37-18-8-3-15(4-9-18)22(33)14-39-26(35)17-7-12-20-21(13-17)32-23(16-5-10-19(38-2)11-6-16)25(24(20)34)40-27(36)28(29,30)31/h3-13H,14H2,1-2H3,(H,32,34). The highest BCUT2D eigenvalue weighted by Crippen LogP contribution is 2.31. The van der Waals surface area contributed by atoms with Crippen LogP contribution >= 0.6 is 0 Å². The molecular weight excluding hydrogens is 535 g/mol. The molecule has 4 rings (SSSR count). The molecule has 0 amide bonds. The number of alkyl halides is 3. The first-order chi connectivity index (χ1) is 19.0. The number of halogens is 3. The fraction of sp³-hybridized carbons (Fsp3) is 0.143. The van der Waals surface area contributed by atoms with Gasteiger partial charge in [-0.3, -0.25) is 9.59 Å². The Morgan fingerprint density at radius 1 is 0.825 bits per heavy atom. The molecule has 12 heteroatoms. The number of benzene rings is 3. The highest BCUT2D eigenvalue weighted by atomic mass is 19.4. The average Bonchev–Trinajstić information content (AvgIpc) is 2.96. The summed E-state index contributed by atoms with van der Waals surface area (Å²) in [5, 5.41) is -0.159. The van der Waals surface area contributed by atoms with Crippen LogP contribution in [0.4, 0.5) is 13.2 Å². The van der Waals surface area contributed by atoms with Gasteiger partial charge in [0.2, 0.25) is 11.2 Å². The van der Waals surface area contributed by atoms with Gasteiger partial charge in [-0.05, 0) is 66.7 Å². The Kier molecular flexibility index (Phi) is 7.89. The minimum absolute atomic E-state index is 0.0403. The number of Topliss-reactive ketones (excluding diaryl/α,β-unsaturated/α-hetero) is 1. The lowest BCUT2D eigenvalue weighted by Gasteiger charge is -2.14. The lowest BCUT2D eigenvalue weighted by atomic mass is 10.1. The Bertz CT molecular complexity index is 1640. The fourth-order valence-electron chi connectivity index (χ4n) is 3.68. The van der Waals surface area contributed by atoms with Crippen LogP contribution in [-0.4, -0.2) is 49.7 Å². The van der Waals surface area contributed by atoms with Crippen LogP contribution in [0.3, 0.4) is 0 Å². The summed E-state index contributed by atoms with van der Waals surface area (Å²) in [6, 6.07) is 15.6. The topological polar surface area (TPSA) is 121 Å². The van der Waals surface area contributed by atoms with Crippen LogP contribution in [0, 0.1) is 0 Å². The highest BCUT2D eigenvalue weighted by Gasteiger charge is 2.42. The van der Waals surface area contributed by atoms with E-state index in [1.165, 1.54) is 68.8 Å². The summed E-state index contributed by atoms with van der Waals surface area (Å²) >= 11 is 0. The molecule has 1 N–H and O–H groups in total. The Balaban J connectivity index is 1.67. The zero-order chi connectivity index (χ0) is 29.0. The van der Waals surface area contributed by atoms with Crippen molar-refractivity contribution < 1.29 is 46.5 Å². The van der Waals surface area contributed by atoms with Gasteiger partial charge in [0.15, 0.2) is 12.4 Å². The third kappa shape index (κ3) is 5.96. The molecule has 40 heavy (non-hydrogen) atoms. The van der Waals surface area contributed by atoms with Crippen LogP contribution in [0.1, 0.15) is 20.7 Å². The fourth-order valence-corrected chi connectivity index (χ4v) is 3.68. The minimum Gasteiger partial charge on any atom is -0.497 e. The van der Waals surface area contributed by atoms with Crippen molar-refractivity contribution >= 4 is 28.6 Å². The zero-order valence-corrected chi connectivity index (χ0v) is 21.0. The van der Waals surface area contributed by atoms with Crippen LogP contribution in [0.15, 0.2) is 71.5 Å². The average molecular weight is 555 g/mol. The van der Waals surface area contributed by atoms with Crippen LogP contribution < -0.4 is 19.6 Å². The maximum absolute atomic E-state index is 13.1. The Morgan fingerprint density at radius 2 is 1.40 bits per heavy atom. The van der Waals surface area contributed by atoms with Crippen LogP contribution in [0.25, 0.3) is 22.2 Å². The number of ether oxygens (including phenoxy) is 4. The number of hydrogen-bond donors (Lipinski definition) is 1. The number of pyridine rings is 1. The molecule has 0 fully saturated rings. The molecule has 0 saturated carbocycles. The van der Waals surface area contributed by atoms with E-state index in [1.54, 1.807) is 12.1 Å². The van der Waals surface area contributed by atoms with Crippen LogP contribution in [0.5, 0.6) is 17.2 Å². The third-order valence-electron chi connectivity index (χ3n) is 5.74. The predicted molar refractivity (Wildman–Crippen MR) is 136 cm³/mol. The molecule has 3 aromatic carbocycles. The second-order valence-corrected chi connectivity index (χ2v) is 8.26. The molecule has 1 aromatic heterocycles. The van der Waals surface area contributed by atoms with Gasteiger partial charge in [0, 0.05) is 16.5 Å². The molecule has 0 aliphatic rings. The molecule has 0 radical (unpaired) electrons. The molecule has 0 unspecified atom stereocenters. The van der Waals surface area contributed by atoms with Crippen molar-refractivity contribution in [3.8, 4) is 28.5 Å². The van der Waals surface area contributed by atoms with Gasteiger partial charge in [0.25, 0.3) is 0 Å². The summed E-state index contributed by atoms with van der Waals surface area (Å²) < 4.78 is 58.5. The van der Waals surface area contributed by atoms with E-state index in [0.29, 0.717) is 17.1 Å². The van der Waals surface area contributed by atoms with Crippen molar-refractivity contribution in [3.05, 3.63) is 88.1 Å². The quantitative estimate of drug-likeness (QED) is 0.245. The van der Waals surface area contributed by atoms with Gasteiger partial charge in [0.05, 0.1) is 31.0 Å². The second kappa shape index (κ2) is 11.3. The molecule has 0 atom stereocenters. The number of nitrogens with one attached hydrogen (secondary N) is 1. The molecule has 0 spiro atoms. The van der Waals surface area contributed by atoms with Crippen molar-refractivity contribution in [2.24, 2.45) is 0 Å². The number of carbonyl (C=O) groups is 3. The largest absolute Gasteiger partial charge is 0.497 e. The summed E-state index contributed by atoms with van der Waals surface area (Å²) in [6.45, 7) is -0.566. The first-order valence-corrected chi connectivity index (χ1v) is 11.5. The SMILES string of the molecule is COc1ccc(C(=O)COC(=O)c2ccc3c(=O)c(OC(=O)C(F)(F)F)c(-c4ccc(OC)cc4)[nH]c3c2)cc1. The maximum Gasteiger partial charge on any atom is 0.491 e. The van der Waals surface area contributed by atoms with Crippen molar-refractivity contribution in [2.75, 3.05) is 20.8 Å². The first kappa shape index (κ1) is 27.9. The molecule has 1 heterocycles. The highest BCUT2D eigenvalue weighted by molar-refractivity contribution is 6.00. The Morgan fingerprint density at radius 3 is 1.98 bits per heavy atom. The third-order valence-corrected chi connectivity index (χ3v) is 5.74. The van der Waals surface area contributed by atoms with E-state index in [0.717, 1.165) is 0 Å². The molecule has 206 valence electrons. The van der Waals surface area contributed by atoms with Crippen LogP contribution in [0.2, 0.25) is 0 Å². The molecule has 0 bridgehead atoms. The summed E-state index contributed by atoms with van der Waals surface area (Å²) in [4.78, 5) is 52.6. The van der Waals surface area contributed by atoms with E-state index >= 15 is 0 Å². The lowest BCUT2D eigenvalue weighted by molar-refractivity contribution is -0.189. The number of ketones is 1. The van der Waals surface area contributed by atoms with Gasteiger partial charge in [-0.15, -0.1) is 0 Å². The molecule has 0 aliphatic carbocycles. The van der Waals surface area contributed by atoms with E-state index in [2.05, 4.69) is 9.72 Å². The molecule has 9 nitrogen and oxygen atoms in total. The number of methoxy groups -OCH3 is 2. The number of H-pyrrole nitrogens is 1.